The number of carbonyl (C=O) groups excluding carboxylic acids is 1. The lowest BCUT2D eigenvalue weighted by atomic mass is 10.1. The minimum atomic E-state index is -0.0804. The summed E-state index contributed by atoms with van der Waals surface area (Å²) in [6.07, 6.45) is 7.06. The molecule has 2 aromatic heterocycles. The highest BCUT2D eigenvalue weighted by Crippen LogP contribution is 2.35. The summed E-state index contributed by atoms with van der Waals surface area (Å²) in [4.78, 5) is 33.6. The quantitative estimate of drug-likeness (QED) is 0.307. The number of rotatable bonds is 7. The van der Waals surface area contributed by atoms with Crippen molar-refractivity contribution in [2.45, 2.75) is 71.6 Å². The Balaban J connectivity index is 0.000000505. The Hall–Kier alpha value is -2.84. The molecular formula is C29H40ClN5O3. The lowest BCUT2D eigenvalue weighted by Gasteiger charge is -2.29. The van der Waals surface area contributed by atoms with Gasteiger partial charge in [-0.05, 0) is 45.7 Å². The number of aryl methyl sites for hydroxylation is 1. The molecule has 4 heterocycles. The fourth-order valence-corrected chi connectivity index (χ4v) is 5.31. The second-order valence-corrected chi connectivity index (χ2v) is 11.6. The molecule has 5 rings (SSSR count). The smallest absolute Gasteiger partial charge is 0.261 e. The fraction of sp³-hybridized carbons (Fsp3) is 0.552. The lowest BCUT2D eigenvalue weighted by molar-refractivity contribution is -0.117. The van der Waals surface area contributed by atoms with Crippen LogP contribution in [0.15, 0.2) is 41.3 Å². The number of nitrogens with zero attached hydrogens (tertiary/aromatic N) is 5. The number of carbonyl (C=O) groups is 1. The van der Waals surface area contributed by atoms with Crippen LogP contribution in [-0.4, -0.2) is 63.6 Å². The zero-order valence-corrected chi connectivity index (χ0v) is 23.9. The molecule has 1 aromatic carbocycles. The molecule has 2 aliphatic rings. The summed E-state index contributed by atoms with van der Waals surface area (Å²) < 4.78 is 8.79. The Morgan fingerprint density at radius 2 is 1.87 bits per heavy atom. The summed E-state index contributed by atoms with van der Waals surface area (Å²) in [5, 5.41) is 0.670. The van der Waals surface area contributed by atoms with Gasteiger partial charge >= 0.3 is 0 Å². The maximum atomic E-state index is 13.1. The highest BCUT2D eigenvalue weighted by molar-refractivity contribution is 6.30. The van der Waals surface area contributed by atoms with Crippen molar-refractivity contribution < 1.29 is 9.53 Å². The zero-order valence-electron chi connectivity index (χ0n) is 23.2. The van der Waals surface area contributed by atoms with Crippen molar-refractivity contribution in [3.63, 3.8) is 0 Å². The van der Waals surface area contributed by atoms with Gasteiger partial charge in [-0.25, -0.2) is 4.98 Å². The van der Waals surface area contributed by atoms with Crippen molar-refractivity contribution in [3.05, 3.63) is 51.9 Å². The molecule has 8 nitrogen and oxygen atoms in total. The molecule has 38 heavy (non-hydrogen) atoms. The molecule has 2 fully saturated rings. The molecule has 0 aliphatic carbocycles. The normalized spacial score (nSPS) is 19.0. The molecule has 0 bridgehead atoms. The van der Waals surface area contributed by atoms with E-state index in [-0.39, 0.29) is 17.2 Å². The number of amides is 1. The van der Waals surface area contributed by atoms with E-state index in [0.29, 0.717) is 23.3 Å². The van der Waals surface area contributed by atoms with Crippen LogP contribution in [0.4, 0.5) is 5.82 Å². The van der Waals surface area contributed by atoms with Crippen LogP contribution < -0.4 is 10.5 Å². The molecule has 9 heteroatoms. The highest BCUT2D eigenvalue weighted by Gasteiger charge is 2.42. The number of methoxy groups -OCH3 is 1. The van der Waals surface area contributed by atoms with Gasteiger partial charge < -0.3 is 14.5 Å². The Bertz CT molecular complexity index is 1290. The monoisotopic (exact) mass is 541 g/mol. The highest BCUT2D eigenvalue weighted by atomic mass is 35.5. The first-order valence-electron chi connectivity index (χ1n) is 13.5. The van der Waals surface area contributed by atoms with E-state index in [2.05, 4.69) is 16.4 Å². The van der Waals surface area contributed by atoms with Gasteiger partial charge in [0.1, 0.15) is 5.82 Å². The summed E-state index contributed by atoms with van der Waals surface area (Å²) in [7, 11) is 1.71. The van der Waals surface area contributed by atoms with E-state index in [0.717, 1.165) is 68.8 Å². The van der Waals surface area contributed by atoms with Gasteiger partial charge in [-0.2, -0.15) is 0 Å². The third kappa shape index (κ3) is 6.24. The first-order chi connectivity index (χ1) is 18.1. The summed E-state index contributed by atoms with van der Waals surface area (Å²) >= 11 is 6.05. The molecule has 0 spiro atoms. The number of unbranched alkanes of at least 4 members (excludes halogenated alkanes) is 2. The van der Waals surface area contributed by atoms with E-state index in [4.69, 9.17) is 21.3 Å². The molecule has 206 valence electrons. The molecule has 0 radical (unpaired) electrons. The minimum Gasteiger partial charge on any atom is -0.379 e. The lowest BCUT2D eigenvalue weighted by Crippen LogP contribution is -2.38. The molecular weight excluding hydrogens is 502 g/mol. The number of halogens is 1. The number of hydrogen-bond donors (Lipinski definition) is 0. The summed E-state index contributed by atoms with van der Waals surface area (Å²) in [6.45, 7) is 11.5. The van der Waals surface area contributed by atoms with Gasteiger partial charge in [0.15, 0.2) is 0 Å². The molecule has 2 saturated heterocycles. The molecule has 0 N–H and O–H groups in total. The number of fused-ring (bicyclic) bond motifs is 2. The average Bonchev–Trinajstić information content (AvgIpc) is 3.60. The maximum Gasteiger partial charge on any atom is 0.261 e. The standard InChI is InChI=1S/C24H28ClN5O2.C5H12O/c1-2-3-4-10-29-22(28-11-9-18-13-27(16-31)15-21(18)28)12-23(32)30-14-20(26-24(29)30)17-5-7-19(25)8-6-17;1-5(2,3)6-4/h5-8,12,14,16,18,21H,2-4,9-11,13,15H2,1H3;1-4H3. The number of aromatic nitrogens is 3. The molecule has 2 atom stereocenters. The molecule has 2 unspecified atom stereocenters. The van der Waals surface area contributed by atoms with Crippen LogP contribution in [0.25, 0.3) is 17.0 Å². The van der Waals surface area contributed by atoms with Gasteiger partial charge in [0.25, 0.3) is 5.56 Å². The van der Waals surface area contributed by atoms with Crippen LogP contribution in [0, 0.1) is 5.92 Å². The average molecular weight is 542 g/mol. The number of imidazole rings is 1. The number of likely N-dealkylation sites (tertiary alicyclic amines) is 1. The largest absolute Gasteiger partial charge is 0.379 e. The minimum absolute atomic E-state index is 0.0417. The van der Waals surface area contributed by atoms with Crippen molar-refractivity contribution in [2.24, 2.45) is 5.92 Å². The van der Waals surface area contributed by atoms with E-state index < -0.39 is 0 Å². The second-order valence-electron chi connectivity index (χ2n) is 11.2. The number of anilines is 1. The number of hydrogen-bond acceptors (Lipinski definition) is 5. The van der Waals surface area contributed by atoms with Gasteiger partial charge in [-0.3, -0.25) is 18.6 Å². The first kappa shape index (κ1) is 28.2. The van der Waals surface area contributed by atoms with E-state index in [9.17, 15) is 9.59 Å². The molecule has 0 saturated carbocycles. The van der Waals surface area contributed by atoms with E-state index in [1.807, 2.05) is 56.1 Å². The second kappa shape index (κ2) is 11.9. The molecule has 2 aliphatic heterocycles. The Labute approximate surface area is 230 Å². The summed E-state index contributed by atoms with van der Waals surface area (Å²) in [5.41, 5.74) is 1.65. The fourth-order valence-electron chi connectivity index (χ4n) is 5.18. The zero-order chi connectivity index (χ0) is 27.4. The van der Waals surface area contributed by atoms with Crippen molar-refractivity contribution in [1.29, 1.82) is 0 Å². The van der Waals surface area contributed by atoms with E-state index >= 15 is 0 Å². The predicted octanol–water partition coefficient (Wildman–Crippen LogP) is 5.10. The summed E-state index contributed by atoms with van der Waals surface area (Å²) in [6, 6.07) is 9.53. The van der Waals surface area contributed by atoms with Crippen LogP contribution in [0.1, 0.15) is 53.4 Å². The van der Waals surface area contributed by atoms with Crippen molar-refractivity contribution in [3.8, 4) is 11.3 Å². The SMILES string of the molecule is CCCCCn1c(N2CCC3CN(C=O)CC32)cc(=O)n2cc(-c3ccc(Cl)cc3)nc12.COC(C)(C)C. The van der Waals surface area contributed by atoms with Gasteiger partial charge in [-0.1, -0.05) is 43.5 Å². The predicted molar refractivity (Wildman–Crippen MR) is 153 cm³/mol. The van der Waals surface area contributed by atoms with Gasteiger partial charge in [0, 0.05) is 62.1 Å². The Morgan fingerprint density at radius 1 is 1.16 bits per heavy atom. The third-order valence-electron chi connectivity index (χ3n) is 7.45. The van der Waals surface area contributed by atoms with E-state index in [1.165, 1.54) is 0 Å². The topological polar surface area (TPSA) is 72.1 Å². The van der Waals surface area contributed by atoms with E-state index in [1.54, 1.807) is 17.6 Å². The van der Waals surface area contributed by atoms with Crippen LogP contribution in [-0.2, 0) is 16.1 Å². The number of ether oxygens (including phenoxy) is 1. The van der Waals surface area contributed by atoms with Crippen LogP contribution in [0.5, 0.6) is 0 Å². The van der Waals surface area contributed by atoms with Crippen molar-refractivity contribution >= 4 is 29.6 Å². The number of benzene rings is 1. The van der Waals surface area contributed by atoms with Crippen molar-refractivity contribution in [2.75, 3.05) is 31.6 Å². The molecule has 3 aromatic rings. The van der Waals surface area contributed by atoms with Crippen LogP contribution >= 0.6 is 11.6 Å². The van der Waals surface area contributed by atoms with Crippen LogP contribution in [0.3, 0.4) is 0 Å². The third-order valence-corrected chi connectivity index (χ3v) is 7.70. The first-order valence-corrected chi connectivity index (χ1v) is 13.9. The van der Waals surface area contributed by atoms with Gasteiger partial charge in [0.05, 0.1) is 17.3 Å². The Morgan fingerprint density at radius 3 is 2.50 bits per heavy atom. The maximum absolute atomic E-state index is 13.1. The van der Waals surface area contributed by atoms with Crippen molar-refractivity contribution in [1.82, 2.24) is 18.9 Å². The van der Waals surface area contributed by atoms with Gasteiger partial charge in [0.2, 0.25) is 12.2 Å². The molecule has 1 amide bonds. The van der Waals surface area contributed by atoms with Crippen LogP contribution in [0.2, 0.25) is 5.02 Å². The summed E-state index contributed by atoms with van der Waals surface area (Å²) in [5.74, 6) is 2.05. The Kier molecular flexibility index (Phi) is 8.83. The van der Waals surface area contributed by atoms with Gasteiger partial charge in [-0.15, -0.1) is 0 Å².